The van der Waals surface area contributed by atoms with E-state index in [9.17, 15) is 4.79 Å². The lowest BCUT2D eigenvalue weighted by Crippen LogP contribution is -2.15. The SMILES string of the molecule is O=C(Cc1ccc2ccccc2c1)Nc1ccc(-c2ccccc2Cl)nn1. The van der Waals surface area contributed by atoms with Crippen molar-refractivity contribution in [3.63, 3.8) is 0 Å². The van der Waals surface area contributed by atoms with Crippen LogP contribution < -0.4 is 5.32 Å². The normalized spacial score (nSPS) is 10.7. The number of fused-ring (bicyclic) bond motifs is 1. The van der Waals surface area contributed by atoms with E-state index in [1.807, 2.05) is 54.6 Å². The van der Waals surface area contributed by atoms with Crippen molar-refractivity contribution in [2.45, 2.75) is 6.42 Å². The second-order valence-electron chi connectivity index (χ2n) is 6.19. The third kappa shape index (κ3) is 3.96. The Bertz CT molecular complexity index is 1110. The van der Waals surface area contributed by atoms with E-state index in [-0.39, 0.29) is 12.3 Å². The van der Waals surface area contributed by atoms with Crippen LogP contribution in [0.2, 0.25) is 5.02 Å². The van der Waals surface area contributed by atoms with Crippen LogP contribution in [0.4, 0.5) is 5.82 Å². The maximum absolute atomic E-state index is 12.3. The zero-order chi connectivity index (χ0) is 18.6. The second kappa shape index (κ2) is 7.56. The first-order valence-corrected chi connectivity index (χ1v) is 8.93. The monoisotopic (exact) mass is 373 g/mol. The molecule has 27 heavy (non-hydrogen) atoms. The average molecular weight is 374 g/mol. The van der Waals surface area contributed by atoms with Gasteiger partial charge in [0.1, 0.15) is 0 Å². The zero-order valence-electron chi connectivity index (χ0n) is 14.4. The van der Waals surface area contributed by atoms with E-state index < -0.39 is 0 Å². The number of carbonyl (C=O) groups is 1. The fraction of sp³-hybridized carbons (Fsp3) is 0.0455. The van der Waals surface area contributed by atoms with Crippen LogP contribution in [-0.4, -0.2) is 16.1 Å². The number of hydrogen-bond donors (Lipinski definition) is 1. The highest BCUT2D eigenvalue weighted by molar-refractivity contribution is 6.33. The predicted molar refractivity (Wildman–Crippen MR) is 109 cm³/mol. The largest absolute Gasteiger partial charge is 0.309 e. The molecule has 0 aliphatic rings. The van der Waals surface area contributed by atoms with Gasteiger partial charge in [0.15, 0.2) is 5.82 Å². The molecule has 1 amide bonds. The number of anilines is 1. The standard InChI is InChI=1S/C22H16ClN3O/c23-19-8-4-3-7-18(19)20-11-12-21(26-25-20)24-22(27)14-15-9-10-16-5-1-2-6-17(16)13-15/h1-13H,14H2,(H,24,26,27). The van der Waals surface area contributed by atoms with Crippen LogP contribution in [0.3, 0.4) is 0 Å². The fourth-order valence-electron chi connectivity index (χ4n) is 2.93. The molecule has 0 aliphatic heterocycles. The van der Waals surface area contributed by atoms with Crippen molar-refractivity contribution in [1.29, 1.82) is 0 Å². The van der Waals surface area contributed by atoms with E-state index in [2.05, 4.69) is 21.6 Å². The summed E-state index contributed by atoms with van der Waals surface area (Å²) in [6, 6.07) is 25.0. The molecule has 1 heterocycles. The second-order valence-corrected chi connectivity index (χ2v) is 6.60. The highest BCUT2D eigenvalue weighted by Gasteiger charge is 2.08. The van der Waals surface area contributed by atoms with Gasteiger partial charge in [0.2, 0.25) is 5.91 Å². The molecule has 132 valence electrons. The van der Waals surface area contributed by atoms with Gasteiger partial charge in [0.05, 0.1) is 17.1 Å². The van der Waals surface area contributed by atoms with E-state index in [0.717, 1.165) is 21.9 Å². The van der Waals surface area contributed by atoms with Crippen LogP contribution in [-0.2, 0) is 11.2 Å². The van der Waals surface area contributed by atoms with Crippen LogP contribution in [0.1, 0.15) is 5.56 Å². The molecule has 3 aromatic carbocycles. The van der Waals surface area contributed by atoms with Crippen LogP contribution in [0, 0.1) is 0 Å². The van der Waals surface area contributed by atoms with Gasteiger partial charge < -0.3 is 5.32 Å². The van der Waals surface area contributed by atoms with Crippen molar-refractivity contribution in [2.24, 2.45) is 0 Å². The molecule has 0 fully saturated rings. The van der Waals surface area contributed by atoms with Gasteiger partial charge in [0, 0.05) is 5.56 Å². The van der Waals surface area contributed by atoms with E-state index in [0.29, 0.717) is 16.5 Å². The highest BCUT2D eigenvalue weighted by Crippen LogP contribution is 2.25. The number of amides is 1. The highest BCUT2D eigenvalue weighted by atomic mass is 35.5. The van der Waals surface area contributed by atoms with Gasteiger partial charge >= 0.3 is 0 Å². The van der Waals surface area contributed by atoms with E-state index in [1.54, 1.807) is 18.2 Å². The molecule has 0 spiro atoms. The van der Waals surface area contributed by atoms with Crippen LogP contribution in [0.5, 0.6) is 0 Å². The Kier molecular flexibility index (Phi) is 4.81. The number of rotatable bonds is 4. The van der Waals surface area contributed by atoms with Crippen molar-refractivity contribution in [2.75, 3.05) is 5.32 Å². The summed E-state index contributed by atoms with van der Waals surface area (Å²) in [5, 5.41) is 13.9. The molecular formula is C22H16ClN3O. The first-order valence-electron chi connectivity index (χ1n) is 8.55. The molecule has 0 aliphatic carbocycles. The van der Waals surface area contributed by atoms with Gasteiger partial charge in [-0.1, -0.05) is 72.3 Å². The molecule has 0 atom stereocenters. The fourth-order valence-corrected chi connectivity index (χ4v) is 3.17. The number of nitrogens with zero attached hydrogens (tertiary/aromatic N) is 2. The zero-order valence-corrected chi connectivity index (χ0v) is 15.1. The Labute approximate surface area is 161 Å². The molecule has 0 bridgehead atoms. The molecular weight excluding hydrogens is 358 g/mol. The van der Waals surface area contributed by atoms with Gasteiger partial charge in [-0.15, -0.1) is 10.2 Å². The summed E-state index contributed by atoms with van der Waals surface area (Å²) < 4.78 is 0. The third-order valence-electron chi connectivity index (χ3n) is 4.26. The van der Waals surface area contributed by atoms with E-state index >= 15 is 0 Å². The minimum atomic E-state index is -0.134. The Balaban J connectivity index is 1.45. The Morgan fingerprint density at radius 2 is 1.63 bits per heavy atom. The van der Waals surface area contributed by atoms with Gasteiger partial charge in [-0.2, -0.15) is 0 Å². The summed E-state index contributed by atoms with van der Waals surface area (Å²) in [4.78, 5) is 12.3. The molecule has 0 unspecified atom stereocenters. The minimum Gasteiger partial charge on any atom is -0.309 e. The maximum atomic E-state index is 12.3. The summed E-state index contributed by atoms with van der Waals surface area (Å²) in [6.07, 6.45) is 0.277. The average Bonchev–Trinajstić information content (AvgIpc) is 2.69. The summed E-state index contributed by atoms with van der Waals surface area (Å²) in [5.74, 6) is 0.279. The number of nitrogens with one attached hydrogen (secondary N) is 1. The first kappa shape index (κ1) is 17.2. The molecule has 4 aromatic rings. The molecule has 0 saturated carbocycles. The van der Waals surface area contributed by atoms with Crippen molar-refractivity contribution >= 4 is 34.1 Å². The first-order chi connectivity index (χ1) is 13.2. The smallest absolute Gasteiger partial charge is 0.229 e. The van der Waals surface area contributed by atoms with E-state index in [4.69, 9.17) is 11.6 Å². The maximum Gasteiger partial charge on any atom is 0.229 e. The predicted octanol–water partition coefficient (Wildman–Crippen LogP) is 5.13. The van der Waals surface area contributed by atoms with Crippen molar-refractivity contribution in [3.05, 3.63) is 89.4 Å². The number of halogens is 1. The third-order valence-corrected chi connectivity index (χ3v) is 4.59. The molecule has 1 aromatic heterocycles. The van der Waals surface area contributed by atoms with Crippen LogP contribution in [0.25, 0.3) is 22.0 Å². The van der Waals surface area contributed by atoms with Crippen molar-refractivity contribution < 1.29 is 4.79 Å². The quantitative estimate of drug-likeness (QED) is 0.539. The van der Waals surface area contributed by atoms with Crippen LogP contribution >= 0.6 is 11.6 Å². The lowest BCUT2D eigenvalue weighted by Gasteiger charge is -2.07. The number of hydrogen-bond acceptors (Lipinski definition) is 3. The van der Waals surface area contributed by atoms with Gasteiger partial charge in [-0.25, -0.2) is 0 Å². The summed E-state index contributed by atoms with van der Waals surface area (Å²) >= 11 is 6.18. The number of carbonyl (C=O) groups excluding carboxylic acids is 1. The lowest BCUT2D eigenvalue weighted by molar-refractivity contribution is -0.115. The molecule has 5 heteroatoms. The summed E-state index contributed by atoms with van der Waals surface area (Å²) in [5.41, 5.74) is 2.42. The lowest BCUT2D eigenvalue weighted by atomic mass is 10.0. The number of aromatic nitrogens is 2. The Morgan fingerprint density at radius 3 is 2.41 bits per heavy atom. The van der Waals surface area contributed by atoms with Crippen LogP contribution in [0.15, 0.2) is 78.9 Å². The topological polar surface area (TPSA) is 54.9 Å². The summed E-state index contributed by atoms with van der Waals surface area (Å²) in [6.45, 7) is 0. The van der Waals surface area contributed by atoms with Crippen molar-refractivity contribution in [3.8, 4) is 11.3 Å². The molecule has 1 N–H and O–H groups in total. The number of benzene rings is 3. The van der Waals surface area contributed by atoms with Gasteiger partial charge in [-0.05, 0) is 34.5 Å². The molecule has 4 rings (SSSR count). The van der Waals surface area contributed by atoms with Gasteiger partial charge in [0.25, 0.3) is 0 Å². The Morgan fingerprint density at radius 1 is 0.852 bits per heavy atom. The Hall–Kier alpha value is -3.24. The molecule has 4 nitrogen and oxygen atoms in total. The minimum absolute atomic E-state index is 0.134. The summed E-state index contributed by atoms with van der Waals surface area (Å²) in [7, 11) is 0. The molecule has 0 radical (unpaired) electrons. The van der Waals surface area contributed by atoms with Gasteiger partial charge in [-0.3, -0.25) is 4.79 Å². The van der Waals surface area contributed by atoms with E-state index in [1.165, 1.54) is 0 Å². The molecule has 0 saturated heterocycles. The van der Waals surface area contributed by atoms with Crippen molar-refractivity contribution in [1.82, 2.24) is 10.2 Å².